The second-order valence-electron chi connectivity index (χ2n) is 9.03. The molecule has 34 heavy (non-hydrogen) atoms. The van der Waals surface area contributed by atoms with E-state index in [0.717, 1.165) is 17.4 Å². The first-order chi connectivity index (χ1) is 16.3. The number of aromatic nitrogens is 2. The number of anilines is 2. The van der Waals surface area contributed by atoms with Crippen LogP contribution in [0.5, 0.6) is 5.75 Å². The zero-order chi connectivity index (χ0) is 23.9. The molecule has 0 spiro atoms. The van der Waals surface area contributed by atoms with Crippen LogP contribution in [-0.4, -0.2) is 56.2 Å². The Labute approximate surface area is 197 Å². The number of ether oxygens (including phenoxy) is 2. The molecule has 4 atom stereocenters. The summed E-state index contributed by atoms with van der Waals surface area (Å²) in [5, 5.41) is 14.0. The molecule has 2 aromatic carbocycles. The normalized spacial score (nSPS) is 26.6. The minimum Gasteiger partial charge on any atom is -0.483 e. The van der Waals surface area contributed by atoms with Crippen molar-refractivity contribution >= 4 is 37.8 Å². The molecule has 180 valence electrons. The topological polar surface area (TPSA) is 106 Å². The number of hydrogen-bond donors (Lipinski definition) is 2. The number of halogens is 1. The van der Waals surface area contributed by atoms with E-state index in [2.05, 4.69) is 26.6 Å². The Morgan fingerprint density at radius 2 is 2.12 bits per heavy atom. The average Bonchev–Trinajstić information content (AvgIpc) is 3.34. The minimum atomic E-state index is -2.24. The lowest BCUT2D eigenvalue weighted by atomic mass is 10.1. The summed E-state index contributed by atoms with van der Waals surface area (Å²) >= 11 is 0. The third kappa shape index (κ3) is 4.70. The molecule has 0 saturated carbocycles. The van der Waals surface area contributed by atoms with Crippen molar-refractivity contribution in [3.8, 4) is 5.75 Å². The Bertz CT molecular complexity index is 1360. The van der Waals surface area contributed by atoms with Crippen LogP contribution in [0.1, 0.15) is 18.9 Å². The van der Waals surface area contributed by atoms with Crippen LogP contribution in [0.3, 0.4) is 0 Å². The lowest BCUT2D eigenvalue weighted by molar-refractivity contribution is 0.0736. The standard InChI is InChI=1S/C24H27FN4O4S/c1-14-5-6-34(31,12-14)29-17-7-15(2)23-19(9-17)26-13-27-24(23)28-18-4-3-16(25)8-21(18)33-22-11-32-10-20(22)30/h3-4,7-9,13-14,20,22,30H,5-6,10-12H2,1-2H3,(H,26,27,28)/t14?,20-,22-,34?/m0/s1. The summed E-state index contributed by atoms with van der Waals surface area (Å²) in [6.07, 6.45) is 0.992. The van der Waals surface area contributed by atoms with Crippen molar-refractivity contribution < 1.29 is 23.2 Å². The largest absolute Gasteiger partial charge is 0.483 e. The molecular weight excluding hydrogens is 459 g/mol. The first-order valence-electron chi connectivity index (χ1n) is 11.3. The van der Waals surface area contributed by atoms with E-state index in [1.165, 1.54) is 18.5 Å². The van der Waals surface area contributed by atoms with Crippen molar-refractivity contribution in [2.24, 2.45) is 10.3 Å². The Morgan fingerprint density at radius 1 is 1.26 bits per heavy atom. The molecule has 5 rings (SSSR count). The third-order valence-electron chi connectivity index (χ3n) is 6.14. The number of hydrogen-bond acceptors (Lipinski definition) is 8. The highest BCUT2D eigenvalue weighted by Gasteiger charge is 2.29. The van der Waals surface area contributed by atoms with Gasteiger partial charge in [0, 0.05) is 23.0 Å². The molecule has 2 fully saturated rings. The number of aryl methyl sites for hydroxylation is 1. The molecule has 2 unspecified atom stereocenters. The number of aliphatic hydroxyl groups is 1. The van der Waals surface area contributed by atoms with Gasteiger partial charge in [-0.2, -0.15) is 4.36 Å². The van der Waals surface area contributed by atoms with Gasteiger partial charge in [-0.3, -0.25) is 0 Å². The monoisotopic (exact) mass is 486 g/mol. The smallest absolute Gasteiger partial charge is 0.150 e. The van der Waals surface area contributed by atoms with Gasteiger partial charge in [-0.05, 0) is 49.1 Å². The summed E-state index contributed by atoms with van der Waals surface area (Å²) in [5.74, 6) is 1.97. The zero-order valence-corrected chi connectivity index (χ0v) is 19.8. The van der Waals surface area contributed by atoms with Crippen LogP contribution >= 0.6 is 0 Å². The highest BCUT2D eigenvalue weighted by Crippen LogP contribution is 2.35. The SMILES string of the molecule is Cc1cc(N=S2(=O)CCC(C)C2)cc2ncnc(Nc3ccc(F)cc3O[C@H]3COC[C@@H]3O)c12. The first kappa shape index (κ1) is 22.9. The van der Waals surface area contributed by atoms with Gasteiger partial charge in [0.25, 0.3) is 0 Å². The van der Waals surface area contributed by atoms with Gasteiger partial charge in [0.05, 0.1) is 39.8 Å². The molecule has 2 saturated heterocycles. The van der Waals surface area contributed by atoms with E-state index >= 15 is 0 Å². The van der Waals surface area contributed by atoms with Gasteiger partial charge in [-0.1, -0.05) is 6.92 Å². The summed E-state index contributed by atoms with van der Waals surface area (Å²) in [6.45, 7) is 4.43. The molecule has 3 aromatic rings. The molecule has 2 aliphatic rings. The Hall–Kier alpha value is -2.82. The second kappa shape index (κ2) is 9.09. The Kier molecular flexibility index (Phi) is 6.13. The van der Waals surface area contributed by atoms with E-state index in [1.807, 2.05) is 19.1 Å². The van der Waals surface area contributed by atoms with E-state index in [-0.39, 0.29) is 19.0 Å². The number of nitrogens with one attached hydrogen (secondary N) is 1. The van der Waals surface area contributed by atoms with Crippen LogP contribution in [0.25, 0.3) is 10.9 Å². The minimum absolute atomic E-state index is 0.178. The summed E-state index contributed by atoms with van der Waals surface area (Å²) in [4.78, 5) is 8.80. The molecule has 3 heterocycles. The second-order valence-corrected chi connectivity index (χ2v) is 11.5. The molecule has 0 radical (unpaired) electrons. The lowest BCUT2D eigenvalue weighted by Gasteiger charge is -2.19. The Morgan fingerprint density at radius 3 is 2.85 bits per heavy atom. The van der Waals surface area contributed by atoms with Crippen molar-refractivity contribution in [2.45, 2.75) is 32.5 Å². The van der Waals surface area contributed by atoms with E-state index in [9.17, 15) is 13.7 Å². The number of benzene rings is 2. The number of fused-ring (bicyclic) bond motifs is 1. The summed E-state index contributed by atoms with van der Waals surface area (Å²) < 4.78 is 42.7. The van der Waals surface area contributed by atoms with Gasteiger partial charge >= 0.3 is 0 Å². The maximum Gasteiger partial charge on any atom is 0.150 e. The molecular formula is C24H27FN4O4S. The van der Waals surface area contributed by atoms with Gasteiger partial charge in [0.15, 0.2) is 6.10 Å². The van der Waals surface area contributed by atoms with Crippen molar-refractivity contribution in [1.29, 1.82) is 0 Å². The molecule has 0 bridgehead atoms. The lowest BCUT2D eigenvalue weighted by Crippen LogP contribution is -2.30. The number of aliphatic hydroxyl groups excluding tert-OH is 1. The molecule has 8 nitrogen and oxygen atoms in total. The van der Waals surface area contributed by atoms with Crippen molar-refractivity contribution in [3.63, 3.8) is 0 Å². The summed E-state index contributed by atoms with van der Waals surface area (Å²) in [5.41, 5.74) is 2.68. The molecule has 0 aliphatic carbocycles. The zero-order valence-electron chi connectivity index (χ0n) is 19.0. The molecule has 0 amide bonds. The quantitative estimate of drug-likeness (QED) is 0.559. The maximum absolute atomic E-state index is 14.0. The fraction of sp³-hybridized carbons (Fsp3) is 0.417. The van der Waals surface area contributed by atoms with E-state index < -0.39 is 27.8 Å². The number of nitrogens with zero attached hydrogens (tertiary/aromatic N) is 3. The molecule has 1 aromatic heterocycles. The first-order valence-corrected chi connectivity index (χ1v) is 13.1. The van der Waals surface area contributed by atoms with Crippen LogP contribution < -0.4 is 10.1 Å². The van der Waals surface area contributed by atoms with E-state index in [1.54, 1.807) is 6.07 Å². The van der Waals surface area contributed by atoms with Gasteiger partial charge in [-0.25, -0.2) is 18.6 Å². The average molecular weight is 487 g/mol. The van der Waals surface area contributed by atoms with Gasteiger partial charge in [-0.15, -0.1) is 0 Å². The van der Waals surface area contributed by atoms with Crippen molar-refractivity contribution in [2.75, 3.05) is 30.0 Å². The fourth-order valence-electron chi connectivity index (χ4n) is 4.42. The van der Waals surface area contributed by atoms with Crippen LogP contribution in [0.2, 0.25) is 0 Å². The summed E-state index contributed by atoms with van der Waals surface area (Å²) in [7, 11) is -2.24. The van der Waals surface area contributed by atoms with Gasteiger partial charge in [0.1, 0.15) is 29.8 Å². The molecule has 10 heteroatoms. The maximum atomic E-state index is 14.0. The molecule has 2 aliphatic heterocycles. The highest BCUT2D eigenvalue weighted by molar-refractivity contribution is 7.94. The van der Waals surface area contributed by atoms with Crippen LogP contribution in [-0.2, 0) is 14.5 Å². The van der Waals surface area contributed by atoms with E-state index in [0.29, 0.717) is 40.1 Å². The van der Waals surface area contributed by atoms with Crippen molar-refractivity contribution in [3.05, 3.63) is 48.0 Å². The fourth-order valence-corrected chi connectivity index (χ4v) is 7.06. The van der Waals surface area contributed by atoms with Crippen LogP contribution in [0.4, 0.5) is 21.6 Å². The summed E-state index contributed by atoms with van der Waals surface area (Å²) in [6, 6.07) is 7.86. The molecule has 2 N–H and O–H groups in total. The van der Waals surface area contributed by atoms with Crippen LogP contribution in [0, 0.1) is 18.7 Å². The van der Waals surface area contributed by atoms with Crippen LogP contribution in [0.15, 0.2) is 41.0 Å². The van der Waals surface area contributed by atoms with Gasteiger partial charge < -0.3 is 19.9 Å². The van der Waals surface area contributed by atoms with Crippen molar-refractivity contribution in [1.82, 2.24) is 9.97 Å². The highest BCUT2D eigenvalue weighted by atomic mass is 32.2. The Balaban J connectivity index is 1.50. The predicted octanol–water partition coefficient (Wildman–Crippen LogP) is 4.10. The van der Waals surface area contributed by atoms with Gasteiger partial charge in [0.2, 0.25) is 0 Å². The number of rotatable bonds is 5. The van der Waals surface area contributed by atoms with E-state index in [4.69, 9.17) is 9.47 Å². The third-order valence-corrected chi connectivity index (χ3v) is 8.65. The predicted molar refractivity (Wildman–Crippen MR) is 129 cm³/mol.